The van der Waals surface area contributed by atoms with Crippen molar-refractivity contribution in [1.82, 2.24) is 4.72 Å². The molecule has 0 saturated heterocycles. The lowest BCUT2D eigenvalue weighted by molar-refractivity contribution is 0.311. The standard InChI is InChI=1S/C11H17N3O3S/c1-14-6-7-17-11-3-2-9(8-10(11)14)18(15,16)13-5-4-12/h2-3,8,13H,4-7,12H2,1H3. The third-order valence-electron chi connectivity index (χ3n) is 2.77. The second-order valence-corrected chi connectivity index (χ2v) is 5.85. The summed E-state index contributed by atoms with van der Waals surface area (Å²) in [6.45, 7) is 1.85. The van der Waals surface area contributed by atoms with Crippen LogP contribution in [0.5, 0.6) is 5.75 Å². The van der Waals surface area contributed by atoms with Gasteiger partial charge in [-0.05, 0) is 18.2 Å². The molecule has 0 aromatic heterocycles. The number of fused-ring (bicyclic) bond motifs is 1. The average Bonchev–Trinajstić information content (AvgIpc) is 2.36. The second-order valence-electron chi connectivity index (χ2n) is 4.09. The number of benzene rings is 1. The Morgan fingerprint density at radius 1 is 1.50 bits per heavy atom. The predicted octanol–water partition coefficient (Wildman–Crippen LogP) is -0.248. The molecule has 0 atom stereocenters. The molecule has 0 radical (unpaired) electrons. The van der Waals surface area contributed by atoms with Crippen LogP contribution >= 0.6 is 0 Å². The van der Waals surface area contributed by atoms with E-state index in [-0.39, 0.29) is 18.0 Å². The number of rotatable bonds is 4. The van der Waals surface area contributed by atoms with E-state index in [1.54, 1.807) is 12.1 Å². The molecule has 2 rings (SSSR count). The summed E-state index contributed by atoms with van der Waals surface area (Å²) in [4.78, 5) is 2.20. The van der Waals surface area contributed by atoms with Gasteiger partial charge >= 0.3 is 0 Å². The molecule has 0 amide bonds. The van der Waals surface area contributed by atoms with E-state index in [9.17, 15) is 8.42 Å². The van der Waals surface area contributed by atoms with Crippen molar-refractivity contribution >= 4 is 15.7 Å². The SMILES string of the molecule is CN1CCOc2ccc(S(=O)(=O)NCCN)cc21. The molecule has 0 aliphatic carbocycles. The van der Waals surface area contributed by atoms with Crippen molar-refractivity contribution in [1.29, 1.82) is 0 Å². The zero-order valence-corrected chi connectivity index (χ0v) is 11.0. The van der Waals surface area contributed by atoms with Crippen molar-refractivity contribution in [2.45, 2.75) is 4.90 Å². The zero-order valence-electron chi connectivity index (χ0n) is 10.2. The smallest absolute Gasteiger partial charge is 0.240 e. The Labute approximate surface area is 107 Å². The summed E-state index contributed by atoms with van der Waals surface area (Å²) in [6.07, 6.45) is 0. The average molecular weight is 271 g/mol. The number of sulfonamides is 1. The van der Waals surface area contributed by atoms with Gasteiger partial charge in [0.05, 0.1) is 17.1 Å². The molecule has 7 heteroatoms. The lowest BCUT2D eigenvalue weighted by Gasteiger charge is -2.28. The highest BCUT2D eigenvalue weighted by atomic mass is 32.2. The Balaban J connectivity index is 2.33. The molecule has 1 aliphatic heterocycles. The van der Waals surface area contributed by atoms with Gasteiger partial charge in [0.1, 0.15) is 12.4 Å². The molecule has 1 aromatic rings. The molecule has 100 valence electrons. The van der Waals surface area contributed by atoms with Gasteiger partial charge in [-0.15, -0.1) is 0 Å². The van der Waals surface area contributed by atoms with Crippen LogP contribution in [0.3, 0.4) is 0 Å². The maximum Gasteiger partial charge on any atom is 0.240 e. The van der Waals surface area contributed by atoms with Crippen molar-refractivity contribution in [2.75, 3.05) is 38.2 Å². The fourth-order valence-corrected chi connectivity index (χ4v) is 2.84. The van der Waals surface area contributed by atoms with Gasteiger partial charge in [0.25, 0.3) is 0 Å². The molecule has 18 heavy (non-hydrogen) atoms. The van der Waals surface area contributed by atoms with E-state index in [2.05, 4.69) is 4.72 Å². The summed E-state index contributed by atoms with van der Waals surface area (Å²) in [6, 6.07) is 4.84. The number of hydrogen-bond acceptors (Lipinski definition) is 5. The van der Waals surface area contributed by atoms with Crippen molar-refractivity contribution in [3.05, 3.63) is 18.2 Å². The maximum atomic E-state index is 12.0. The molecule has 3 N–H and O–H groups in total. The summed E-state index contributed by atoms with van der Waals surface area (Å²) in [5.74, 6) is 0.710. The molecule has 6 nitrogen and oxygen atoms in total. The van der Waals surface area contributed by atoms with Gasteiger partial charge in [0.2, 0.25) is 10.0 Å². The Morgan fingerprint density at radius 3 is 3.00 bits per heavy atom. The number of likely N-dealkylation sites (N-methyl/N-ethyl adjacent to an activating group) is 1. The molecule has 0 spiro atoms. The minimum absolute atomic E-state index is 0.228. The number of nitrogens with one attached hydrogen (secondary N) is 1. The summed E-state index contributed by atoms with van der Waals surface area (Å²) >= 11 is 0. The molecule has 1 aromatic carbocycles. The van der Waals surface area contributed by atoms with Crippen molar-refractivity contribution in [3.63, 3.8) is 0 Å². The van der Waals surface area contributed by atoms with Crippen LogP contribution in [0.1, 0.15) is 0 Å². The van der Waals surface area contributed by atoms with E-state index >= 15 is 0 Å². The van der Waals surface area contributed by atoms with Gasteiger partial charge in [0.15, 0.2) is 0 Å². The van der Waals surface area contributed by atoms with Crippen LogP contribution in [-0.4, -0.2) is 41.7 Å². The van der Waals surface area contributed by atoms with Gasteiger partial charge in [-0.3, -0.25) is 0 Å². The first-order valence-electron chi connectivity index (χ1n) is 5.72. The van der Waals surface area contributed by atoms with Gasteiger partial charge in [-0.1, -0.05) is 0 Å². The molecular formula is C11H17N3O3S. The van der Waals surface area contributed by atoms with E-state index in [0.29, 0.717) is 12.4 Å². The van der Waals surface area contributed by atoms with Crippen LogP contribution in [-0.2, 0) is 10.0 Å². The minimum Gasteiger partial charge on any atom is -0.490 e. The van der Waals surface area contributed by atoms with Crippen LogP contribution in [0.25, 0.3) is 0 Å². The van der Waals surface area contributed by atoms with Crippen molar-refractivity contribution < 1.29 is 13.2 Å². The summed E-state index contributed by atoms with van der Waals surface area (Å²) in [5.41, 5.74) is 6.08. The number of anilines is 1. The quantitative estimate of drug-likeness (QED) is 0.789. The lowest BCUT2D eigenvalue weighted by atomic mass is 10.2. The first-order chi connectivity index (χ1) is 8.54. The van der Waals surface area contributed by atoms with Gasteiger partial charge < -0.3 is 15.4 Å². The van der Waals surface area contributed by atoms with E-state index in [4.69, 9.17) is 10.5 Å². The maximum absolute atomic E-state index is 12.0. The normalized spacial score (nSPS) is 15.1. The largest absolute Gasteiger partial charge is 0.490 e. The van der Waals surface area contributed by atoms with Gasteiger partial charge in [0, 0.05) is 20.1 Å². The fraction of sp³-hybridized carbons (Fsp3) is 0.455. The van der Waals surface area contributed by atoms with Crippen molar-refractivity contribution in [2.24, 2.45) is 5.73 Å². The van der Waals surface area contributed by atoms with Crippen LogP contribution in [0.4, 0.5) is 5.69 Å². The highest BCUT2D eigenvalue weighted by molar-refractivity contribution is 7.89. The number of nitrogens with zero attached hydrogens (tertiary/aromatic N) is 1. The molecule has 0 unspecified atom stereocenters. The van der Waals surface area contributed by atoms with Crippen LogP contribution in [0.15, 0.2) is 23.1 Å². The van der Waals surface area contributed by atoms with Gasteiger partial charge in [-0.2, -0.15) is 0 Å². The Hall–Kier alpha value is -1.31. The predicted molar refractivity (Wildman–Crippen MR) is 69.4 cm³/mol. The van der Waals surface area contributed by atoms with E-state index in [1.165, 1.54) is 6.07 Å². The fourth-order valence-electron chi connectivity index (χ4n) is 1.77. The monoisotopic (exact) mass is 271 g/mol. The first-order valence-corrected chi connectivity index (χ1v) is 7.20. The molecule has 1 aliphatic rings. The molecule has 0 fully saturated rings. The third-order valence-corrected chi connectivity index (χ3v) is 4.23. The second kappa shape index (κ2) is 5.13. The lowest BCUT2D eigenvalue weighted by Crippen LogP contribution is -2.31. The van der Waals surface area contributed by atoms with Crippen LogP contribution < -0.4 is 20.1 Å². The van der Waals surface area contributed by atoms with Gasteiger partial charge in [-0.25, -0.2) is 13.1 Å². The molecule has 0 bridgehead atoms. The highest BCUT2D eigenvalue weighted by Crippen LogP contribution is 2.32. The topological polar surface area (TPSA) is 84.7 Å². The third kappa shape index (κ3) is 2.58. The molecule has 0 saturated carbocycles. The summed E-state index contributed by atoms with van der Waals surface area (Å²) in [7, 11) is -1.58. The van der Waals surface area contributed by atoms with E-state index < -0.39 is 10.0 Å². The minimum atomic E-state index is -3.49. The van der Waals surface area contributed by atoms with Crippen LogP contribution in [0, 0.1) is 0 Å². The molecular weight excluding hydrogens is 254 g/mol. The van der Waals surface area contributed by atoms with E-state index in [1.807, 2.05) is 11.9 Å². The summed E-state index contributed by atoms with van der Waals surface area (Å²) < 4.78 is 31.8. The highest BCUT2D eigenvalue weighted by Gasteiger charge is 2.20. The van der Waals surface area contributed by atoms with Crippen molar-refractivity contribution in [3.8, 4) is 5.75 Å². The Kier molecular flexibility index (Phi) is 3.74. The summed E-state index contributed by atoms with van der Waals surface area (Å²) in [5, 5.41) is 0. The number of nitrogens with two attached hydrogens (primary N) is 1. The zero-order chi connectivity index (χ0) is 13.2. The Bertz CT molecular complexity index is 530. The number of ether oxygens (including phenoxy) is 1. The first kappa shape index (κ1) is 13.1. The van der Waals surface area contributed by atoms with Crippen LogP contribution in [0.2, 0.25) is 0 Å². The van der Waals surface area contributed by atoms with E-state index in [0.717, 1.165) is 12.2 Å². The number of hydrogen-bond donors (Lipinski definition) is 2. The Morgan fingerprint density at radius 2 is 2.28 bits per heavy atom. The molecule has 1 heterocycles.